The molecule has 5 aromatic rings. The maximum absolute atomic E-state index is 12.0. The van der Waals surface area contributed by atoms with Gasteiger partial charge in [0.05, 0.1) is 22.9 Å². The van der Waals surface area contributed by atoms with E-state index >= 15 is 0 Å². The lowest BCUT2D eigenvalue weighted by atomic mass is 10.0. The molecule has 0 saturated carbocycles. The minimum absolute atomic E-state index is 0.237. The predicted molar refractivity (Wildman–Crippen MR) is 170 cm³/mol. The number of nitrogens with zero attached hydrogens (tertiary/aromatic N) is 2. The molecule has 2 N–H and O–H groups in total. The Kier molecular flexibility index (Phi) is 9.45. The van der Waals surface area contributed by atoms with Crippen molar-refractivity contribution < 1.29 is 19.4 Å². The fraction of sp³-hybridized carbons (Fsp3) is 0.147. The third kappa shape index (κ3) is 7.63. The molecule has 1 heterocycles. The average molecular weight is 615 g/mol. The van der Waals surface area contributed by atoms with E-state index in [0.29, 0.717) is 35.3 Å². The van der Waals surface area contributed by atoms with Gasteiger partial charge in [-0.15, -0.1) is 0 Å². The Morgan fingerprint density at radius 1 is 0.907 bits per heavy atom. The molecule has 0 bridgehead atoms. The summed E-state index contributed by atoms with van der Waals surface area (Å²) in [6, 6.07) is 27.9. The van der Waals surface area contributed by atoms with Crippen molar-refractivity contribution in [2.45, 2.75) is 26.3 Å². The number of imidazole rings is 1. The molecular formula is C34H29Cl2N3O4. The van der Waals surface area contributed by atoms with Crippen molar-refractivity contribution in [2.75, 3.05) is 11.9 Å². The molecule has 0 fully saturated rings. The first-order chi connectivity index (χ1) is 20.8. The molecule has 218 valence electrons. The first-order valence-corrected chi connectivity index (χ1v) is 14.5. The van der Waals surface area contributed by atoms with Gasteiger partial charge in [0, 0.05) is 35.4 Å². The number of carbonyl (C=O) groups excluding carboxylic acids is 1. The number of aromatic nitrogens is 2. The molecule has 0 aliphatic rings. The molecule has 9 heteroatoms. The van der Waals surface area contributed by atoms with E-state index in [2.05, 4.69) is 22.0 Å². The summed E-state index contributed by atoms with van der Waals surface area (Å²) in [6.45, 7) is 2.82. The van der Waals surface area contributed by atoms with Crippen LogP contribution in [0, 0.1) is 0 Å². The van der Waals surface area contributed by atoms with Crippen LogP contribution in [0.3, 0.4) is 0 Å². The quantitative estimate of drug-likeness (QED) is 0.164. The minimum atomic E-state index is -0.963. The fourth-order valence-corrected chi connectivity index (χ4v) is 5.14. The zero-order valence-electron chi connectivity index (χ0n) is 23.4. The molecule has 0 saturated heterocycles. The van der Waals surface area contributed by atoms with Crippen LogP contribution >= 0.6 is 23.2 Å². The van der Waals surface area contributed by atoms with E-state index in [1.807, 2.05) is 67.7 Å². The molecule has 0 aliphatic carbocycles. The van der Waals surface area contributed by atoms with E-state index in [1.54, 1.807) is 24.3 Å². The molecule has 4 aromatic carbocycles. The zero-order valence-corrected chi connectivity index (χ0v) is 24.9. The number of hydrogen-bond donors (Lipinski definition) is 2. The lowest BCUT2D eigenvalue weighted by Crippen LogP contribution is -2.13. The van der Waals surface area contributed by atoms with Gasteiger partial charge in [-0.25, -0.2) is 14.6 Å². The molecule has 0 aliphatic heterocycles. The van der Waals surface area contributed by atoms with Crippen LogP contribution in [0.25, 0.3) is 22.4 Å². The second-order valence-electron chi connectivity index (χ2n) is 10.0. The summed E-state index contributed by atoms with van der Waals surface area (Å²) < 4.78 is 7.17. The van der Waals surface area contributed by atoms with Gasteiger partial charge in [-0.05, 0) is 71.1 Å². The average Bonchev–Trinajstić information content (AvgIpc) is 3.38. The monoisotopic (exact) mass is 613 g/mol. The first kappa shape index (κ1) is 29.9. The fourth-order valence-electron chi connectivity index (χ4n) is 4.63. The third-order valence-corrected chi connectivity index (χ3v) is 7.36. The molecule has 43 heavy (non-hydrogen) atoms. The van der Waals surface area contributed by atoms with Gasteiger partial charge in [-0.2, -0.15) is 0 Å². The number of ether oxygens (including phenoxy) is 1. The van der Waals surface area contributed by atoms with Crippen molar-refractivity contribution in [3.05, 3.63) is 130 Å². The number of carboxylic acids is 1. The maximum atomic E-state index is 12.0. The topological polar surface area (TPSA) is 93.5 Å². The van der Waals surface area contributed by atoms with Gasteiger partial charge in [0.25, 0.3) is 0 Å². The highest BCUT2D eigenvalue weighted by molar-refractivity contribution is 6.36. The SMILES string of the molecule is CCCOC(=O)Nc1cccc(-c2ccc(Cc3nc(-c4ccc(Cl)cc4Cl)cn3Cc3ccc(C(=O)O)cc3)cc2)c1. The number of carbonyl (C=O) groups is 2. The van der Waals surface area contributed by atoms with Crippen LogP contribution in [0.1, 0.15) is 40.7 Å². The molecule has 5 rings (SSSR count). The van der Waals surface area contributed by atoms with Crippen molar-refractivity contribution in [3.8, 4) is 22.4 Å². The van der Waals surface area contributed by atoms with E-state index in [4.69, 9.17) is 32.9 Å². The number of hydrogen-bond acceptors (Lipinski definition) is 4. The van der Waals surface area contributed by atoms with Gasteiger partial charge in [0.2, 0.25) is 0 Å². The standard InChI is InChI=1S/C34H29Cl2N3O4/c1-2-16-43-34(42)37-28-5-3-4-26(18-28)24-10-6-22(7-11-24)17-32-38-31(29-15-14-27(35)19-30(29)36)21-39(32)20-23-8-12-25(13-9-23)33(40)41/h3-15,18-19,21H,2,16-17,20H2,1H3,(H,37,42)(H,40,41). The Bertz CT molecular complexity index is 1750. The Hall–Kier alpha value is -4.59. The van der Waals surface area contributed by atoms with Crippen LogP contribution in [0.5, 0.6) is 0 Å². The van der Waals surface area contributed by atoms with Gasteiger partial charge < -0.3 is 14.4 Å². The number of aromatic carboxylic acids is 1. The maximum Gasteiger partial charge on any atom is 0.411 e. The van der Waals surface area contributed by atoms with E-state index in [0.717, 1.165) is 45.8 Å². The molecule has 1 amide bonds. The molecule has 0 radical (unpaired) electrons. The van der Waals surface area contributed by atoms with Crippen molar-refractivity contribution in [1.82, 2.24) is 9.55 Å². The number of carboxylic acid groups (broad SMARTS) is 1. The third-order valence-electron chi connectivity index (χ3n) is 6.82. The summed E-state index contributed by atoms with van der Waals surface area (Å²) in [4.78, 5) is 28.2. The summed E-state index contributed by atoms with van der Waals surface area (Å²) in [5.41, 5.74) is 6.36. The summed E-state index contributed by atoms with van der Waals surface area (Å²) in [5.74, 6) is -0.136. The largest absolute Gasteiger partial charge is 0.478 e. The summed E-state index contributed by atoms with van der Waals surface area (Å²) in [6.07, 6.45) is 2.80. The number of amides is 1. The van der Waals surface area contributed by atoms with Crippen LogP contribution in [-0.2, 0) is 17.7 Å². The summed E-state index contributed by atoms with van der Waals surface area (Å²) in [5, 5.41) is 13.1. The Labute approximate surface area is 259 Å². The van der Waals surface area contributed by atoms with Gasteiger partial charge in [0.1, 0.15) is 5.82 Å². The Morgan fingerprint density at radius 3 is 2.35 bits per heavy atom. The van der Waals surface area contributed by atoms with Gasteiger partial charge in [-0.1, -0.05) is 78.7 Å². The zero-order chi connectivity index (χ0) is 30.3. The van der Waals surface area contributed by atoms with E-state index in [-0.39, 0.29) is 5.56 Å². The Morgan fingerprint density at radius 2 is 1.65 bits per heavy atom. The van der Waals surface area contributed by atoms with Crippen LogP contribution in [0.4, 0.5) is 10.5 Å². The lowest BCUT2D eigenvalue weighted by molar-refractivity contribution is 0.0696. The van der Waals surface area contributed by atoms with Crippen LogP contribution in [0.2, 0.25) is 10.0 Å². The predicted octanol–water partition coefficient (Wildman–Crippen LogP) is 8.82. The van der Waals surface area contributed by atoms with Crippen LogP contribution in [0.15, 0.2) is 97.2 Å². The van der Waals surface area contributed by atoms with Crippen LogP contribution < -0.4 is 5.32 Å². The molecule has 0 spiro atoms. The van der Waals surface area contributed by atoms with E-state index in [9.17, 15) is 14.7 Å². The summed E-state index contributed by atoms with van der Waals surface area (Å²) in [7, 11) is 0. The van der Waals surface area contributed by atoms with Crippen molar-refractivity contribution in [2.24, 2.45) is 0 Å². The lowest BCUT2D eigenvalue weighted by Gasteiger charge is -2.10. The smallest absolute Gasteiger partial charge is 0.411 e. The number of rotatable bonds is 10. The normalized spacial score (nSPS) is 10.9. The number of benzene rings is 4. The van der Waals surface area contributed by atoms with Gasteiger partial charge in [0.15, 0.2) is 0 Å². The van der Waals surface area contributed by atoms with Gasteiger partial charge in [-0.3, -0.25) is 5.32 Å². The number of nitrogens with one attached hydrogen (secondary N) is 1. The highest BCUT2D eigenvalue weighted by Gasteiger charge is 2.15. The van der Waals surface area contributed by atoms with Crippen molar-refractivity contribution in [1.29, 1.82) is 0 Å². The second-order valence-corrected chi connectivity index (χ2v) is 10.9. The number of halogens is 2. The highest BCUT2D eigenvalue weighted by atomic mass is 35.5. The minimum Gasteiger partial charge on any atom is -0.478 e. The van der Waals surface area contributed by atoms with Crippen molar-refractivity contribution in [3.63, 3.8) is 0 Å². The molecule has 7 nitrogen and oxygen atoms in total. The molecule has 0 atom stereocenters. The summed E-state index contributed by atoms with van der Waals surface area (Å²) >= 11 is 12.6. The van der Waals surface area contributed by atoms with E-state index < -0.39 is 12.1 Å². The molecular weight excluding hydrogens is 585 g/mol. The van der Waals surface area contributed by atoms with Gasteiger partial charge >= 0.3 is 12.1 Å². The van der Waals surface area contributed by atoms with E-state index in [1.165, 1.54) is 0 Å². The second kappa shape index (κ2) is 13.6. The first-order valence-electron chi connectivity index (χ1n) is 13.8. The van der Waals surface area contributed by atoms with Crippen LogP contribution in [-0.4, -0.2) is 33.3 Å². The number of anilines is 1. The Balaban J connectivity index is 1.39. The molecule has 0 unspecified atom stereocenters. The molecule has 1 aromatic heterocycles. The van der Waals surface area contributed by atoms with Crippen molar-refractivity contribution >= 4 is 41.0 Å². The highest BCUT2D eigenvalue weighted by Crippen LogP contribution is 2.31.